The molecule has 0 N–H and O–H groups in total. The first-order chi connectivity index (χ1) is 21.7. The van der Waals surface area contributed by atoms with E-state index >= 15 is 0 Å². The summed E-state index contributed by atoms with van der Waals surface area (Å²) in [5.41, 5.74) is 7.42. The predicted molar refractivity (Wildman–Crippen MR) is 173 cm³/mol. The lowest BCUT2D eigenvalue weighted by Gasteiger charge is -2.25. The van der Waals surface area contributed by atoms with Gasteiger partial charge >= 0.3 is 0 Å². The van der Waals surface area contributed by atoms with Crippen molar-refractivity contribution < 1.29 is 17.9 Å². The van der Waals surface area contributed by atoms with E-state index in [1.807, 2.05) is 56.0 Å². The highest BCUT2D eigenvalue weighted by Crippen LogP contribution is 2.36. The molecular weight excluding hydrogens is 609 g/mol. The smallest absolute Gasteiger partial charge is 0.248 e. The van der Waals surface area contributed by atoms with Gasteiger partial charge in [-0.1, -0.05) is 36.4 Å². The SMILES string of the molecule is CC[C@@H]1CN(Cc2cc([C@H](CC(=O)Cc3cnsc3)c3ccc4c(nnn4CC)c3C)ccc2C)S(=O)(=O)c2cccnc2O1. The van der Waals surface area contributed by atoms with Gasteiger partial charge in [0.05, 0.1) is 12.1 Å². The average molecular weight is 645 g/mol. The van der Waals surface area contributed by atoms with E-state index in [1.165, 1.54) is 15.8 Å². The number of benzene rings is 2. The van der Waals surface area contributed by atoms with Crippen LogP contribution in [0.25, 0.3) is 11.0 Å². The highest BCUT2D eigenvalue weighted by atomic mass is 32.2. The highest BCUT2D eigenvalue weighted by molar-refractivity contribution is 7.89. The van der Waals surface area contributed by atoms with Crippen molar-refractivity contribution in [2.75, 3.05) is 6.54 Å². The third-order valence-corrected chi connectivity index (χ3v) is 11.1. The van der Waals surface area contributed by atoms with Gasteiger partial charge in [0.25, 0.3) is 0 Å². The molecule has 0 bridgehead atoms. The molecule has 12 heteroatoms. The Labute approximate surface area is 267 Å². The van der Waals surface area contributed by atoms with Gasteiger partial charge in [0.15, 0.2) is 0 Å². The van der Waals surface area contributed by atoms with Crippen LogP contribution in [0.15, 0.2) is 65.1 Å². The fourth-order valence-electron chi connectivity index (χ4n) is 5.99. The zero-order valence-electron chi connectivity index (χ0n) is 25.8. The molecule has 2 aromatic carbocycles. The molecule has 0 radical (unpaired) electrons. The minimum absolute atomic E-state index is 0.0743. The molecule has 3 aromatic heterocycles. The number of ether oxygens (including phenoxy) is 1. The molecule has 0 spiro atoms. The van der Waals surface area contributed by atoms with Gasteiger partial charge in [0.1, 0.15) is 22.3 Å². The summed E-state index contributed by atoms with van der Waals surface area (Å²) < 4.78 is 41.3. The average Bonchev–Trinajstić information content (AvgIpc) is 3.68. The first-order valence-corrected chi connectivity index (χ1v) is 17.4. The number of ketones is 1. The van der Waals surface area contributed by atoms with E-state index in [1.54, 1.807) is 24.5 Å². The predicted octanol–water partition coefficient (Wildman–Crippen LogP) is 5.62. The molecule has 45 heavy (non-hydrogen) atoms. The summed E-state index contributed by atoms with van der Waals surface area (Å²) in [7, 11) is -3.87. The number of carbonyl (C=O) groups excluding carboxylic acids is 1. The van der Waals surface area contributed by atoms with Crippen molar-refractivity contribution in [1.82, 2.24) is 28.7 Å². The van der Waals surface area contributed by atoms with Crippen LogP contribution >= 0.6 is 11.5 Å². The zero-order valence-corrected chi connectivity index (χ0v) is 27.4. The quantitative estimate of drug-likeness (QED) is 0.192. The summed E-state index contributed by atoms with van der Waals surface area (Å²) in [4.78, 5) is 17.8. The summed E-state index contributed by atoms with van der Waals surface area (Å²) in [5, 5.41) is 10.7. The molecule has 0 saturated heterocycles. The van der Waals surface area contributed by atoms with E-state index in [0.717, 1.165) is 44.4 Å². The standard InChI is InChI=1S/C33H36N6O4S2/c1-5-27-19-38(45(41,42)31-8-7-13-34-33(31)43-27)18-25-15-24(10-9-21(25)3)29(16-26(40)14-23-17-35-44-20-23)28-11-12-30-32(22(28)4)36-37-39(30)6-2/h7-13,15,17,20,27,29H,5-6,14,16,18-19H2,1-4H3/t27-,29+/m1/s1. The van der Waals surface area contributed by atoms with E-state index < -0.39 is 10.0 Å². The summed E-state index contributed by atoms with van der Waals surface area (Å²) in [5.74, 6) is -0.0271. The lowest BCUT2D eigenvalue weighted by atomic mass is 9.82. The maximum Gasteiger partial charge on any atom is 0.248 e. The summed E-state index contributed by atoms with van der Waals surface area (Å²) in [6.07, 6.45) is 4.17. The number of fused-ring (bicyclic) bond motifs is 2. The largest absolute Gasteiger partial charge is 0.472 e. The van der Waals surface area contributed by atoms with Crippen molar-refractivity contribution in [2.24, 2.45) is 0 Å². The third-order valence-electron chi connectivity index (χ3n) is 8.59. The molecule has 10 nitrogen and oxygen atoms in total. The molecule has 6 rings (SSSR count). The highest BCUT2D eigenvalue weighted by Gasteiger charge is 2.35. The van der Waals surface area contributed by atoms with Crippen molar-refractivity contribution in [3.63, 3.8) is 0 Å². The van der Waals surface area contributed by atoms with Gasteiger partial charge in [0, 0.05) is 49.6 Å². The monoisotopic (exact) mass is 644 g/mol. The van der Waals surface area contributed by atoms with Gasteiger partial charge in [-0.05, 0) is 90.3 Å². The minimum atomic E-state index is -3.87. The lowest BCUT2D eigenvalue weighted by Crippen LogP contribution is -2.36. The number of pyridine rings is 1. The minimum Gasteiger partial charge on any atom is -0.472 e. The maximum atomic E-state index is 13.9. The Hall–Kier alpha value is -4.00. The second-order valence-corrected chi connectivity index (χ2v) is 14.1. The number of Topliss-reactive ketones (excluding diaryl/α,β-unsaturated/α-hetero) is 1. The molecular formula is C33H36N6O4S2. The molecule has 0 amide bonds. The molecule has 2 atom stereocenters. The molecule has 0 unspecified atom stereocenters. The Morgan fingerprint density at radius 3 is 2.76 bits per heavy atom. The summed E-state index contributed by atoms with van der Waals surface area (Å²) >= 11 is 1.33. The van der Waals surface area contributed by atoms with Crippen LogP contribution in [0.1, 0.15) is 66.0 Å². The van der Waals surface area contributed by atoms with E-state index in [-0.39, 0.29) is 48.1 Å². The number of aryl methyl sites for hydroxylation is 3. The van der Waals surface area contributed by atoms with Gasteiger partial charge in [0.2, 0.25) is 15.9 Å². The first kappa shape index (κ1) is 31.0. The van der Waals surface area contributed by atoms with Crippen molar-refractivity contribution in [3.05, 3.63) is 93.6 Å². The van der Waals surface area contributed by atoms with Crippen molar-refractivity contribution in [1.29, 1.82) is 0 Å². The van der Waals surface area contributed by atoms with Gasteiger partial charge in [-0.25, -0.2) is 22.5 Å². The fourth-order valence-corrected chi connectivity index (χ4v) is 8.05. The molecule has 234 valence electrons. The van der Waals surface area contributed by atoms with Crippen LogP contribution in [0.5, 0.6) is 5.88 Å². The van der Waals surface area contributed by atoms with Crippen LogP contribution in [-0.2, 0) is 34.3 Å². The second-order valence-electron chi connectivity index (χ2n) is 11.5. The van der Waals surface area contributed by atoms with Crippen LogP contribution in [0, 0.1) is 13.8 Å². The van der Waals surface area contributed by atoms with E-state index in [2.05, 4.69) is 31.8 Å². The van der Waals surface area contributed by atoms with Crippen LogP contribution in [0.3, 0.4) is 0 Å². The van der Waals surface area contributed by atoms with E-state index in [9.17, 15) is 13.2 Å². The van der Waals surface area contributed by atoms with Gasteiger partial charge in [-0.15, -0.1) is 5.10 Å². The number of aromatic nitrogens is 5. The molecule has 5 aromatic rings. The van der Waals surface area contributed by atoms with Gasteiger partial charge < -0.3 is 4.74 Å². The Bertz CT molecular complexity index is 1960. The van der Waals surface area contributed by atoms with Crippen molar-refractivity contribution in [3.8, 4) is 5.88 Å². The first-order valence-electron chi connectivity index (χ1n) is 15.1. The van der Waals surface area contributed by atoms with Crippen LogP contribution in [-0.4, -0.2) is 55.5 Å². The number of rotatable bonds is 10. The topological polar surface area (TPSA) is 120 Å². The molecule has 0 aliphatic carbocycles. The van der Waals surface area contributed by atoms with Gasteiger partial charge in [-0.3, -0.25) is 4.79 Å². The van der Waals surface area contributed by atoms with Crippen LogP contribution in [0.4, 0.5) is 0 Å². The van der Waals surface area contributed by atoms with Gasteiger partial charge in [-0.2, -0.15) is 4.31 Å². The molecule has 0 fully saturated rings. The molecule has 1 aliphatic rings. The normalized spacial score (nSPS) is 17.0. The Balaban J connectivity index is 1.40. The lowest BCUT2D eigenvalue weighted by molar-refractivity contribution is -0.118. The van der Waals surface area contributed by atoms with E-state index in [0.29, 0.717) is 19.4 Å². The zero-order chi connectivity index (χ0) is 31.7. The summed E-state index contributed by atoms with van der Waals surface area (Å²) in [6, 6.07) is 13.4. The van der Waals surface area contributed by atoms with Crippen LogP contribution < -0.4 is 4.74 Å². The Morgan fingerprint density at radius 2 is 2.00 bits per heavy atom. The second kappa shape index (κ2) is 12.8. The third kappa shape index (κ3) is 6.14. The Kier molecular flexibility index (Phi) is 8.80. The number of carbonyl (C=O) groups is 1. The number of hydrogen-bond acceptors (Lipinski definition) is 9. The number of sulfonamides is 1. The fraction of sp³-hybridized carbons (Fsp3) is 0.364. The van der Waals surface area contributed by atoms with Crippen molar-refractivity contribution in [2.45, 2.75) is 77.0 Å². The Morgan fingerprint density at radius 1 is 1.16 bits per heavy atom. The number of nitrogens with zero attached hydrogens (tertiary/aromatic N) is 6. The van der Waals surface area contributed by atoms with Crippen LogP contribution in [0.2, 0.25) is 0 Å². The van der Waals surface area contributed by atoms with E-state index in [4.69, 9.17) is 4.74 Å². The maximum absolute atomic E-state index is 13.9. The molecule has 4 heterocycles. The number of hydrogen-bond donors (Lipinski definition) is 0. The molecule has 0 saturated carbocycles. The summed E-state index contributed by atoms with van der Waals surface area (Å²) in [6.45, 7) is 9.09. The molecule has 1 aliphatic heterocycles. The van der Waals surface area contributed by atoms with Crippen molar-refractivity contribution >= 4 is 38.4 Å².